The van der Waals surface area contributed by atoms with E-state index < -0.39 is 24.5 Å². The number of nitrogens with one attached hydrogen (secondary N) is 2. The standard InChI is InChI=1S/C25H31N5O4/c1-15-21(32)22(33)25(34-15)30-13-18(17-9-3-2-4-10-17)20-23(28-14-29-24(20)30)27-12-19(31)26-11-16-7-5-6-8-16/h2-4,9-10,13-16,21-22,25,32-33H,5-8,11-12H2,1H3,(H,26,31)(H,27,28,29)/t15-,21-,22-,25-/m1/s1. The number of rotatable bonds is 7. The Morgan fingerprint density at radius 3 is 2.62 bits per heavy atom. The molecular formula is C25H31N5O4. The van der Waals surface area contributed by atoms with Crippen LogP contribution in [0.1, 0.15) is 38.8 Å². The van der Waals surface area contributed by atoms with Crippen molar-refractivity contribution in [1.29, 1.82) is 0 Å². The minimum Gasteiger partial charge on any atom is -0.388 e. The van der Waals surface area contributed by atoms with Crippen LogP contribution in [0.3, 0.4) is 0 Å². The van der Waals surface area contributed by atoms with Crippen molar-refractivity contribution in [3.05, 3.63) is 42.9 Å². The van der Waals surface area contributed by atoms with Crippen molar-refractivity contribution in [2.45, 2.75) is 57.1 Å². The van der Waals surface area contributed by atoms with Crippen molar-refractivity contribution < 1.29 is 19.7 Å². The van der Waals surface area contributed by atoms with E-state index in [4.69, 9.17) is 4.74 Å². The fraction of sp³-hybridized carbons (Fsp3) is 0.480. The normalized spacial score (nSPS) is 25.1. The smallest absolute Gasteiger partial charge is 0.239 e. The Morgan fingerprint density at radius 1 is 1.15 bits per heavy atom. The van der Waals surface area contributed by atoms with E-state index in [-0.39, 0.29) is 12.5 Å². The van der Waals surface area contributed by atoms with Crippen LogP contribution in [0.5, 0.6) is 0 Å². The zero-order valence-electron chi connectivity index (χ0n) is 19.2. The summed E-state index contributed by atoms with van der Waals surface area (Å²) >= 11 is 0. The second-order valence-corrected chi connectivity index (χ2v) is 9.26. The summed E-state index contributed by atoms with van der Waals surface area (Å²) in [5.74, 6) is 1.02. The van der Waals surface area contributed by atoms with Crippen LogP contribution in [0.4, 0.5) is 5.82 Å². The number of anilines is 1. The molecule has 4 atom stereocenters. The highest BCUT2D eigenvalue weighted by atomic mass is 16.6. The molecule has 0 bridgehead atoms. The Hall–Kier alpha value is -3.01. The van der Waals surface area contributed by atoms with Crippen LogP contribution < -0.4 is 10.6 Å². The van der Waals surface area contributed by atoms with Gasteiger partial charge in [-0.3, -0.25) is 4.79 Å². The van der Waals surface area contributed by atoms with E-state index >= 15 is 0 Å². The average molecular weight is 466 g/mol. The predicted octanol–water partition coefficient (Wildman–Crippen LogP) is 2.46. The molecule has 1 aliphatic heterocycles. The number of amides is 1. The number of ether oxygens (including phenoxy) is 1. The number of fused-ring (bicyclic) bond motifs is 1. The highest BCUT2D eigenvalue weighted by Gasteiger charge is 2.42. The summed E-state index contributed by atoms with van der Waals surface area (Å²) in [7, 11) is 0. The number of carbonyl (C=O) groups excluding carboxylic acids is 1. The van der Waals surface area contributed by atoms with Gasteiger partial charge in [-0.25, -0.2) is 9.97 Å². The quantitative estimate of drug-likeness (QED) is 0.423. The minimum absolute atomic E-state index is 0.0779. The first-order valence-corrected chi connectivity index (χ1v) is 12.0. The van der Waals surface area contributed by atoms with Gasteiger partial charge in [0.05, 0.1) is 18.0 Å². The third-order valence-corrected chi connectivity index (χ3v) is 6.92. The van der Waals surface area contributed by atoms with Gasteiger partial charge in [0.15, 0.2) is 6.23 Å². The monoisotopic (exact) mass is 465 g/mol. The highest BCUT2D eigenvalue weighted by Crippen LogP contribution is 2.38. The minimum atomic E-state index is -1.10. The molecule has 1 amide bonds. The Balaban J connectivity index is 1.45. The molecule has 3 aromatic rings. The van der Waals surface area contributed by atoms with Gasteiger partial charge < -0.3 is 30.2 Å². The van der Waals surface area contributed by atoms with Crippen molar-refractivity contribution in [2.24, 2.45) is 5.92 Å². The van der Waals surface area contributed by atoms with Gasteiger partial charge in [-0.2, -0.15) is 0 Å². The Kier molecular flexibility index (Phi) is 6.49. The van der Waals surface area contributed by atoms with E-state index in [1.807, 2.05) is 36.5 Å². The first kappa shape index (κ1) is 22.8. The van der Waals surface area contributed by atoms with Crippen molar-refractivity contribution in [1.82, 2.24) is 19.9 Å². The number of carbonyl (C=O) groups is 1. The highest BCUT2D eigenvalue weighted by molar-refractivity contribution is 6.02. The maximum Gasteiger partial charge on any atom is 0.239 e. The molecule has 2 aliphatic rings. The number of aliphatic hydroxyl groups is 2. The molecule has 9 heteroatoms. The number of aromatic nitrogens is 3. The average Bonchev–Trinajstić information content (AvgIpc) is 3.57. The molecule has 34 heavy (non-hydrogen) atoms. The summed E-state index contributed by atoms with van der Waals surface area (Å²) in [6.45, 7) is 2.53. The van der Waals surface area contributed by atoms with Crippen molar-refractivity contribution in [3.8, 4) is 11.1 Å². The summed E-state index contributed by atoms with van der Waals surface area (Å²) in [5.41, 5.74) is 2.33. The fourth-order valence-corrected chi connectivity index (χ4v) is 5.01. The molecule has 9 nitrogen and oxygen atoms in total. The van der Waals surface area contributed by atoms with Crippen LogP contribution in [0.2, 0.25) is 0 Å². The first-order valence-electron chi connectivity index (χ1n) is 12.0. The van der Waals surface area contributed by atoms with E-state index in [0.717, 1.165) is 16.5 Å². The molecule has 1 saturated carbocycles. The molecule has 2 aromatic heterocycles. The van der Waals surface area contributed by atoms with Gasteiger partial charge in [0, 0.05) is 18.3 Å². The first-order chi connectivity index (χ1) is 16.5. The summed E-state index contributed by atoms with van der Waals surface area (Å²) in [5, 5.41) is 27.8. The van der Waals surface area contributed by atoms with Crippen molar-refractivity contribution in [2.75, 3.05) is 18.4 Å². The van der Waals surface area contributed by atoms with Gasteiger partial charge in [0.25, 0.3) is 0 Å². The van der Waals surface area contributed by atoms with Gasteiger partial charge in [0.1, 0.15) is 30.0 Å². The van der Waals surface area contributed by atoms with E-state index in [0.29, 0.717) is 23.9 Å². The molecule has 1 aromatic carbocycles. The third-order valence-electron chi connectivity index (χ3n) is 6.92. The Morgan fingerprint density at radius 2 is 1.91 bits per heavy atom. The third kappa shape index (κ3) is 4.38. The lowest BCUT2D eigenvalue weighted by molar-refractivity contribution is -0.119. The number of nitrogens with zero attached hydrogens (tertiary/aromatic N) is 3. The van der Waals surface area contributed by atoms with Gasteiger partial charge in [-0.05, 0) is 31.2 Å². The van der Waals surface area contributed by atoms with Crippen molar-refractivity contribution in [3.63, 3.8) is 0 Å². The molecule has 2 fully saturated rings. The van der Waals surface area contributed by atoms with Gasteiger partial charge in [0.2, 0.25) is 5.91 Å². The van der Waals surface area contributed by atoms with Crippen LogP contribution in [-0.2, 0) is 9.53 Å². The second kappa shape index (κ2) is 9.69. The molecule has 0 radical (unpaired) electrons. The van der Waals surface area contributed by atoms with Gasteiger partial charge in [-0.15, -0.1) is 0 Å². The van der Waals surface area contributed by atoms with Crippen LogP contribution in [0.25, 0.3) is 22.2 Å². The van der Waals surface area contributed by atoms with E-state index in [9.17, 15) is 15.0 Å². The molecule has 180 valence electrons. The largest absolute Gasteiger partial charge is 0.388 e. The molecule has 0 unspecified atom stereocenters. The van der Waals surface area contributed by atoms with E-state index in [1.54, 1.807) is 11.5 Å². The number of benzene rings is 1. The predicted molar refractivity (Wildman–Crippen MR) is 128 cm³/mol. The maximum atomic E-state index is 12.5. The fourth-order valence-electron chi connectivity index (χ4n) is 5.01. The van der Waals surface area contributed by atoms with Gasteiger partial charge >= 0.3 is 0 Å². The zero-order valence-corrected chi connectivity index (χ0v) is 19.2. The van der Waals surface area contributed by atoms with Crippen molar-refractivity contribution >= 4 is 22.8 Å². The maximum absolute atomic E-state index is 12.5. The lowest BCUT2D eigenvalue weighted by Gasteiger charge is -2.17. The molecule has 3 heterocycles. The molecule has 5 rings (SSSR count). The lowest BCUT2D eigenvalue weighted by atomic mass is 10.1. The molecule has 1 aliphatic carbocycles. The zero-order chi connectivity index (χ0) is 23.7. The van der Waals surface area contributed by atoms with Crippen LogP contribution >= 0.6 is 0 Å². The summed E-state index contributed by atoms with van der Waals surface area (Å²) in [6.07, 6.45) is 4.73. The topological polar surface area (TPSA) is 122 Å². The lowest BCUT2D eigenvalue weighted by Crippen LogP contribution is -2.33. The van der Waals surface area contributed by atoms with E-state index in [1.165, 1.54) is 32.0 Å². The number of hydrogen-bond donors (Lipinski definition) is 4. The summed E-state index contributed by atoms with van der Waals surface area (Å²) in [6, 6.07) is 9.79. The SMILES string of the molecule is C[C@H]1O[C@@H](n2cc(-c3ccccc3)c3c(NCC(=O)NCC4CCCC4)ncnc32)[C@H](O)[C@@H]1O. The Bertz CT molecular complexity index is 1140. The molecule has 1 saturated heterocycles. The summed E-state index contributed by atoms with van der Waals surface area (Å²) < 4.78 is 7.60. The van der Waals surface area contributed by atoms with Crippen LogP contribution in [0.15, 0.2) is 42.9 Å². The number of hydrogen-bond acceptors (Lipinski definition) is 7. The van der Waals surface area contributed by atoms with Crippen LogP contribution in [-0.4, -0.2) is 62.1 Å². The van der Waals surface area contributed by atoms with Gasteiger partial charge in [-0.1, -0.05) is 43.2 Å². The number of aliphatic hydroxyl groups excluding tert-OH is 2. The molecule has 4 N–H and O–H groups in total. The molecular weight excluding hydrogens is 434 g/mol. The molecule has 0 spiro atoms. The van der Waals surface area contributed by atoms with E-state index in [2.05, 4.69) is 20.6 Å². The second-order valence-electron chi connectivity index (χ2n) is 9.26. The van der Waals surface area contributed by atoms with Crippen LogP contribution in [0, 0.1) is 5.92 Å². The Labute approximate surface area is 198 Å². The summed E-state index contributed by atoms with van der Waals surface area (Å²) in [4.78, 5) is 21.4.